The lowest BCUT2D eigenvalue weighted by molar-refractivity contribution is -0.139. The summed E-state index contributed by atoms with van der Waals surface area (Å²) < 4.78 is 0. The highest BCUT2D eigenvalue weighted by Crippen LogP contribution is 2.31. The van der Waals surface area contributed by atoms with Crippen LogP contribution in [0.3, 0.4) is 0 Å². The summed E-state index contributed by atoms with van der Waals surface area (Å²) in [6.07, 6.45) is 1.63. The monoisotopic (exact) mass is 413 g/mol. The summed E-state index contributed by atoms with van der Waals surface area (Å²) in [6.45, 7) is 11.9. The smallest absolute Gasteiger partial charge is 0.228 e. The molecule has 3 amide bonds. The van der Waals surface area contributed by atoms with Crippen LogP contribution >= 0.6 is 0 Å². The first kappa shape index (κ1) is 22.3. The van der Waals surface area contributed by atoms with Gasteiger partial charge in [0.05, 0.1) is 5.92 Å². The van der Waals surface area contributed by atoms with E-state index in [0.717, 1.165) is 16.8 Å². The standard InChI is InChI=1S/C24H35N3O3/c1-15(2)18(5)25-23(29)19-9-11-26(12-10-19)24(30)20-13-22(28)27(14-20)21-8-6-7-16(3)17(21)4/h6-8,15,18-20H,9-14H2,1-5H3,(H,25,29). The molecule has 2 saturated heterocycles. The average Bonchev–Trinajstić information content (AvgIpc) is 3.10. The van der Waals surface area contributed by atoms with Crippen LogP contribution in [0.2, 0.25) is 0 Å². The Morgan fingerprint density at radius 2 is 1.73 bits per heavy atom. The molecule has 30 heavy (non-hydrogen) atoms. The molecule has 0 saturated carbocycles. The maximum atomic E-state index is 13.1. The van der Waals surface area contributed by atoms with Crippen LogP contribution in [-0.2, 0) is 14.4 Å². The summed E-state index contributed by atoms with van der Waals surface area (Å²) in [6, 6.07) is 6.09. The first-order valence-corrected chi connectivity index (χ1v) is 11.1. The molecule has 2 heterocycles. The molecule has 0 aliphatic carbocycles. The minimum Gasteiger partial charge on any atom is -0.353 e. The van der Waals surface area contributed by atoms with Crippen molar-refractivity contribution in [3.8, 4) is 0 Å². The summed E-state index contributed by atoms with van der Waals surface area (Å²) >= 11 is 0. The van der Waals surface area contributed by atoms with Crippen molar-refractivity contribution < 1.29 is 14.4 Å². The van der Waals surface area contributed by atoms with E-state index < -0.39 is 0 Å². The number of nitrogens with zero attached hydrogens (tertiary/aromatic N) is 2. The molecule has 3 rings (SSSR count). The van der Waals surface area contributed by atoms with Crippen LogP contribution in [0.5, 0.6) is 0 Å². The Morgan fingerprint density at radius 3 is 2.37 bits per heavy atom. The zero-order valence-electron chi connectivity index (χ0n) is 18.9. The van der Waals surface area contributed by atoms with E-state index in [0.29, 0.717) is 38.4 Å². The minimum atomic E-state index is -0.302. The summed E-state index contributed by atoms with van der Waals surface area (Å²) in [7, 11) is 0. The maximum Gasteiger partial charge on any atom is 0.228 e. The van der Waals surface area contributed by atoms with Gasteiger partial charge in [-0.15, -0.1) is 0 Å². The predicted octanol–water partition coefficient (Wildman–Crippen LogP) is 3.06. The molecule has 2 atom stereocenters. The van der Waals surface area contributed by atoms with Gasteiger partial charge in [-0.25, -0.2) is 0 Å². The number of aryl methyl sites for hydroxylation is 1. The van der Waals surface area contributed by atoms with Crippen LogP contribution in [0.1, 0.15) is 51.2 Å². The maximum absolute atomic E-state index is 13.1. The number of nitrogens with one attached hydrogen (secondary N) is 1. The number of likely N-dealkylation sites (tertiary alicyclic amines) is 1. The highest BCUT2D eigenvalue weighted by Gasteiger charge is 2.39. The number of hydrogen-bond donors (Lipinski definition) is 1. The second-order valence-corrected chi connectivity index (χ2v) is 9.27. The van der Waals surface area contributed by atoms with E-state index in [2.05, 4.69) is 19.2 Å². The fraction of sp³-hybridized carbons (Fsp3) is 0.625. The molecular formula is C24H35N3O3. The van der Waals surface area contributed by atoms with E-state index in [1.54, 1.807) is 4.90 Å². The van der Waals surface area contributed by atoms with Gasteiger partial charge >= 0.3 is 0 Å². The van der Waals surface area contributed by atoms with Crippen LogP contribution < -0.4 is 10.2 Å². The van der Waals surface area contributed by atoms with Crippen LogP contribution in [-0.4, -0.2) is 48.3 Å². The van der Waals surface area contributed by atoms with E-state index in [1.807, 2.05) is 43.9 Å². The highest BCUT2D eigenvalue weighted by atomic mass is 16.2. The Bertz CT molecular complexity index is 812. The summed E-state index contributed by atoms with van der Waals surface area (Å²) in [5, 5.41) is 3.09. The second kappa shape index (κ2) is 9.19. The van der Waals surface area contributed by atoms with Crippen LogP contribution in [0.15, 0.2) is 18.2 Å². The zero-order valence-corrected chi connectivity index (χ0v) is 18.9. The van der Waals surface area contributed by atoms with Crippen molar-refractivity contribution in [1.82, 2.24) is 10.2 Å². The number of hydrogen-bond acceptors (Lipinski definition) is 3. The summed E-state index contributed by atoms with van der Waals surface area (Å²) in [5.41, 5.74) is 3.13. The summed E-state index contributed by atoms with van der Waals surface area (Å²) in [5.74, 6) is 0.219. The number of carbonyl (C=O) groups is 3. The third kappa shape index (κ3) is 4.68. The lowest BCUT2D eigenvalue weighted by atomic mass is 9.93. The molecule has 0 radical (unpaired) electrons. The van der Waals surface area contributed by atoms with Gasteiger partial charge in [-0.1, -0.05) is 26.0 Å². The van der Waals surface area contributed by atoms with Crippen LogP contribution in [0.25, 0.3) is 0 Å². The van der Waals surface area contributed by atoms with E-state index in [1.165, 1.54) is 0 Å². The Kier molecular flexibility index (Phi) is 6.84. The molecule has 1 N–H and O–H groups in total. The van der Waals surface area contributed by atoms with Crippen molar-refractivity contribution in [2.75, 3.05) is 24.5 Å². The van der Waals surface area contributed by atoms with Crippen molar-refractivity contribution in [1.29, 1.82) is 0 Å². The van der Waals surface area contributed by atoms with Crippen LogP contribution in [0, 0.1) is 31.6 Å². The lowest BCUT2D eigenvalue weighted by Gasteiger charge is -2.33. The molecule has 6 heteroatoms. The molecule has 2 unspecified atom stereocenters. The number of piperidine rings is 1. The van der Waals surface area contributed by atoms with Gasteiger partial charge in [0.25, 0.3) is 0 Å². The van der Waals surface area contributed by atoms with Gasteiger partial charge in [-0.2, -0.15) is 0 Å². The molecule has 1 aromatic rings. The Balaban J connectivity index is 1.56. The van der Waals surface area contributed by atoms with Gasteiger partial charge in [0.1, 0.15) is 0 Å². The van der Waals surface area contributed by atoms with Gasteiger partial charge in [0, 0.05) is 43.7 Å². The van der Waals surface area contributed by atoms with Crippen molar-refractivity contribution in [2.24, 2.45) is 17.8 Å². The zero-order chi connectivity index (χ0) is 22.0. The molecule has 1 aromatic carbocycles. The van der Waals surface area contributed by atoms with Crippen molar-refractivity contribution in [2.45, 2.75) is 59.9 Å². The van der Waals surface area contributed by atoms with Gasteiger partial charge in [-0.3, -0.25) is 14.4 Å². The summed E-state index contributed by atoms with van der Waals surface area (Å²) in [4.78, 5) is 41.8. The largest absolute Gasteiger partial charge is 0.353 e. The first-order chi connectivity index (χ1) is 14.2. The minimum absolute atomic E-state index is 0.0130. The van der Waals surface area contributed by atoms with E-state index in [-0.39, 0.29) is 42.0 Å². The average molecular weight is 414 g/mol. The Labute approximate surface area is 180 Å². The SMILES string of the molecule is Cc1cccc(N2CC(C(=O)N3CCC(C(=O)NC(C)C(C)C)CC3)CC2=O)c1C. The van der Waals surface area contributed by atoms with Crippen molar-refractivity contribution >= 4 is 23.4 Å². The molecule has 6 nitrogen and oxygen atoms in total. The molecule has 0 bridgehead atoms. The lowest BCUT2D eigenvalue weighted by Crippen LogP contribution is -2.47. The number of benzene rings is 1. The molecule has 0 aromatic heterocycles. The fourth-order valence-electron chi connectivity index (χ4n) is 4.26. The number of rotatable bonds is 5. The fourth-order valence-corrected chi connectivity index (χ4v) is 4.26. The molecular weight excluding hydrogens is 378 g/mol. The third-order valence-corrected chi connectivity index (χ3v) is 6.89. The number of amides is 3. The van der Waals surface area contributed by atoms with Crippen molar-refractivity contribution in [3.63, 3.8) is 0 Å². The van der Waals surface area contributed by atoms with Gasteiger partial charge in [0.15, 0.2) is 0 Å². The Morgan fingerprint density at radius 1 is 1.07 bits per heavy atom. The van der Waals surface area contributed by atoms with Crippen LogP contribution in [0.4, 0.5) is 5.69 Å². The Hall–Kier alpha value is -2.37. The topological polar surface area (TPSA) is 69.7 Å². The normalized spacial score (nSPS) is 21.3. The predicted molar refractivity (Wildman–Crippen MR) is 118 cm³/mol. The molecule has 2 aliphatic heterocycles. The van der Waals surface area contributed by atoms with Gasteiger partial charge in [-0.05, 0) is 56.7 Å². The number of carbonyl (C=O) groups excluding carboxylic acids is 3. The van der Waals surface area contributed by atoms with E-state index >= 15 is 0 Å². The molecule has 164 valence electrons. The second-order valence-electron chi connectivity index (χ2n) is 9.27. The van der Waals surface area contributed by atoms with Gasteiger partial charge in [0.2, 0.25) is 17.7 Å². The number of anilines is 1. The first-order valence-electron chi connectivity index (χ1n) is 11.1. The highest BCUT2D eigenvalue weighted by molar-refractivity contribution is 6.01. The van der Waals surface area contributed by atoms with Gasteiger partial charge < -0.3 is 15.1 Å². The molecule has 0 spiro atoms. The third-order valence-electron chi connectivity index (χ3n) is 6.89. The van der Waals surface area contributed by atoms with E-state index in [9.17, 15) is 14.4 Å². The van der Waals surface area contributed by atoms with Crippen molar-refractivity contribution in [3.05, 3.63) is 29.3 Å². The molecule has 2 fully saturated rings. The quantitative estimate of drug-likeness (QED) is 0.807. The molecule has 2 aliphatic rings. The van der Waals surface area contributed by atoms with E-state index in [4.69, 9.17) is 0 Å².